The summed E-state index contributed by atoms with van der Waals surface area (Å²) in [4.78, 5) is 68.4. The van der Waals surface area contributed by atoms with E-state index >= 15 is 0 Å². The number of nitrogens with zero attached hydrogens (tertiary/aromatic N) is 2. The molecule has 1 unspecified atom stereocenters. The summed E-state index contributed by atoms with van der Waals surface area (Å²) < 4.78 is 5.35. The number of carbonyl (C=O) groups excluding carboxylic acids is 4. The van der Waals surface area contributed by atoms with Crippen molar-refractivity contribution in [2.75, 3.05) is 31.6 Å². The van der Waals surface area contributed by atoms with E-state index in [4.69, 9.17) is 27.7 Å². The zero-order valence-electron chi connectivity index (χ0n) is 22.3. The van der Waals surface area contributed by atoms with Crippen molar-refractivity contribution in [3.8, 4) is 5.75 Å². The number of rotatable bonds is 19. The standard InChI is InChI=1S/C24H36BrN9O7/c25-11-18(35)14-5-7-15(8-6-14)41-13-20(37)32-12-19(36)33-16(3-1-9-30-23(26)27)21(38)34-17(22(39)40)4-2-10-31-24(28)29/h5-8,16-17H,1-4,9-13H2,(H,32,37)(H,33,36)(H,34,38)(H,39,40)(H4,26,27,30)(H4,28,29,31)/t16-,17?/m0/s1. The van der Waals surface area contributed by atoms with Gasteiger partial charge in [0.05, 0.1) is 11.9 Å². The summed E-state index contributed by atoms with van der Waals surface area (Å²) in [7, 11) is 0. The molecule has 41 heavy (non-hydrogen) atoms. The Kier molecular flexibility index (Phi) is 15.9. The lowest BCUT2D eigenvalue weighted by molar-refractivity contribution is -0.142. The van der Waals surface area contributed by atoms with Crippen LogP contribution in [0.4, 0.5) is 0 Å². The first-order chi connectivity index (χ1) is 19.4. The van der Waals surface area contributed by atoms with Crippen LogP contribution in [0, 0.1) is 0 Å². The number of carboxylic acid groups (broad SMARTS) is 1. The molecule has 0 aliphatic rings. The SMILES string of the molecule is NC(N)=NCCCC(NC(=O)[C@H](CCCN=C(N)N)NC(=O)CNC(=O)COc1ccc(C(=O)CBr)cc1)C(=O)O. The molecule has 226 valence electrons. The molecule has 0 aliphatic carbocycles. The number of ketones is 1. The van der Waals surface area contributed by atoms with E-state index in [0.717, 1.165) is 0 Å². The van der Waals surface area contributed by atoms with Gasteiger partial charge in [0.25, 0.3) is 5.91 Å². The van der Waals surface area contributed by atoms with Crippen LogP contribution in [0.1, 0.15) is 36.0 Å². The molecule has 0 spiro atoms. The second kappa shape index (κ2) is 18.8. The number of guanidine groups is 2. The molecule has 0 aromatic heterocycles. The Morgan fingerprint density at radius 2 is 1.41 bits per heavy atom. The third kappa shape index (κ3) is 15.1. The Hall–Kier alpha value is -4.41. The number of aliphatic carboxylic acids is 1. The number of carbonyl (C=O) groups is 5. The van der Waals surface area contributed by atoms with Crippen LogP contribution in [-0.2, 0) is 19.2 Å². The molecule has 1 rings (SSSR count). The molecule has 1 aromatic rings. The van der Waals surface area contributed by atoms with Crippen LogP contribution in [0.5, 0.6) is 5.75 Å². The molecule has 0 heterocycles. The van der Waals surface area contributed by atoms with Gasteiger partial charge in [0.15, 0.2) is 24.3 Å². The van der Waals surface area contributed by atoms with Crippen LogP contribution in [0.2, 0.25) is 0 Å². The van der Waals surface area contributed by atoms with Gasteiger partial charge < -0.3 is 48.7 Å². The van der Waals surface area contributed by atoms with Crippen LogP contribution in [0.25, 0.3) is 0 Å². The maximum absolute atomic E-state index is 12.9. The summed E-state index contributed by atoms with van der Waals surface area (Å²) in [6, 6.07) is 3.80. The Labute approximate surface area is 244 Å². The number of hydrogen-bond acceptors (Lipinski definition) is 8. The number of nitrogens with two attached hydrogens (primary N) is 4. The second-order valence-corrected chi connectivity index (χ2v) is 9.12. The first-order valence-corrected chi connectivity index (χ1v) is 13.6. The summed E-state index contributed by atoms with van der Waals surface area (Å²) in [6.45, 7) is -0.532. The van der Waals surface area contributed by atoms with Crippen molar-refractivity contribution in [1.82, 2.24) is 16.0 Å². The zero-order valence-corrected chi connectivity index (χ0v) is 23.9. The van der Waals surface area contributed by atoms with E-state index in [-0.39, 0.29) is 55.4 Å². The molecule has 16 nitrogen and oxygen atoms in total. The van der Waals surface area contributed by atoms with E-state index in [1.54, 1.807) is 12.1 Å². The highest BCUT2D eigenvalue weighted by atomic mass is 79.9. The van der Waals surface area contributed by atoms with Gasteiger partial charge in [0.1, 0.15) is 17.8 Å². The molecular formula is C24H36BrN9O7. The average Bonchev–Trinajstić information content (AvgIpc) is 2.93. The molecule has 12 N–H and O–H groups in total. The van der Waals surface area contributed by atoms with Gasteiger partial charge in [-0.15, -0.1) is 0 Å². The number of nitrogens with one attached hydrogen (secondary N) is 3. The highest BCUT2D eigenvalue weighted by Gasteiger charge is 2.26. The van der Waals surface area contributed by atoms with E-state index < -0.39 is 48.9 Å². The van der Waals surface area contributed by atoms with Crippen molar-refractivity contribution in [1.29, 1.82) is 0 Å². The minimum atomic E-state index is -1.27. The minimum absolute atomic E-state index is 0.0398. The van der Waals surface area contributed by atoms with Crippen LogP contribution >= 0.6 is 15.9 Å². The Balaban J connectivity index is 2.68. The Bertz CT molecular complexity index is 1110. The van der Waals surface area contributed by atoms with Gasteiger partial charge in [-0.2, -0.15) is 0 Å². The van der Waals surface area contributed by atoms with Crippen molar-refractivity contribution < 1.29 is 33.8 Å². The molecule has 0 radical (unpaired) electrons. The van der Waals surface area contributed by atoms with Gasteiger partial charge in [-0.05, 0) is 49.9 Å². The fourth-order valence-electron chi connectivity index (χ4n) is 3.24. The van der Waals surface area contributed by atoms with Crippen LogP contribution < -0.4 is 43.6 Å². The number of hydrogen-bond donors (Lipinski definition) is 8. The predicted molar refractivity (Wildman–Crippen MR) is 154 cm³/mol. The van der Waals surface area contributed by atoms with Crippen molar-refractivity contribution in [2.45, 2.75) is 37.8 Å². The van der Waals surface area contributed by atoms with Gasteiger partial charge in [0, 0.05) is 18.7 Å². The van der Waals surface area contributed by atoms with Gasteiger partial charge in [-0.1, -0.05) is 15.9 Å². The fourth-order valence-corrected chi connectivity index (χ4v) is 3.57. The lowest BCUT2D eigenvalue weighted by Crippen LogP contribution is -2.53. The highest BCUT2D eigenvalue weighted by molar-refractivity contribution is 9.09. The molecule has 0 bridgehead atoms. The molecule has 3 amide bonds. The van der Waals surface area contributed by atoms with Gasteiger partial charge >= 0.3 is 5.97 Å². The number of alkyl halides is 1. The number of aliphatic imine (C=N–C) groups is 2. The van der Waals surface area contributed by atoms with Crippen molar-refractivity contribution in [2.24, 2.45) is 32.9 Å². The average molecular weight is 643 g/mol. The first-order valence-electron chi connectivity index (χ1n) is 12.4. The topological polar surface area (TPSA) is 280 Å². The lowest BCUT2D eigenvalue weighted by Gasteiger charge is -2.21. The van der Waals surface area contributed by atoms with Crippen LogP contribution in [0.3, 0.4) is 0 Å². The summed E-state index contributed by atoms with van der Waals surface area (Å²) in [5.74, 6) is -3.36. The number of benzene rings is 1. The molecule has 0 saturated heterocycles. The Morgan fingerprint density at radius 1 is 0.854 bits per heavy atom. The maximum atomic E-state index is 12.9. The summed E-state index contributed by atoms with van der Waals surface area (Å²) in [6.07, 6.45) is 0.694. The third-order valence-electron chi connectivity index (χ3n) is 5.27. The van der Waals surface area contributed by atoms with Gasteiger partial charge in [-0.25, -0.2) is 4.79 Å². The van der Waals surface area contributed by atoms with Crippen LogP contribution in [0.15, 0.2) is 34.3 Å². The van der Waals surface area contributed by atoms with E-state index in [1.165, 1.54) is 12.1 Å². The lowest BCUT2D eigenvalue weighted by atomic mass is 10.1. The van der Waals surface area contributed by atoms with Crippen LogP contribution in [-0.4, -0.2) is 90.2 Å². The minimum Gasteiger partial charge on any atom is -0.484 e. The number of halogens is 1. The summed E-state index contributed by atoms with van der Waals surface area (Å²) in [5.41, 5.74) is 21.6. The van der Waals surface area contributed by atoms with Gasteiger partial charge in [0.2, 0.25) is 11.8 Å². The zero-order chi connectivity index (χ0) is 30.8. The maximum Gasteiger partial charge on any atom is 0.326 e. The molecule has 0 aliphatic heterocycles. The van der Waals surface area contributed by atoms with E-state index in [0.29, 0.717) is 17.7 Å². The monoisotopic (exact) mass is 641 g/mol. The van der Waals surface area contributed by atoms with Gasteiger partial charge in [-0.3, -0.25) is 29.2 Å². The molecule has 2 atom stereocenters. The third-order valence-corrected chi connectivity index (χ3v) is 5.78. The van der Waals surface area contributed by atoms with E-state index in [2.05, 4.69) is 41.9 Å². The fraction of sp³-hybridized carbons (Fsp3) is 0.458. The van der Waals surface area contributed by atoms with E-state index in [1.807, 2.05) is 0 Å². The second-order valence-electron chi connectivity index (χ2n) is 8.56. The molecule has 17 heteroatoms. The summed E-state index contributed by atoms with van der Waals surface area (Å²) in [5, 5.41) is 16.9. The number of carboxylic acids is 1. The number of ether oxygens (including phenoxy) is 1. The Morgan fingerprint density at radius 3 is 1.93 bits per heavy atom. The molecule has 0 saturated carbocycles. The number of amides is 3. The molecule has 1 aromatic carbocycles. The highest BCUT2D eigenvalue weighted by Crippen LogP contribution is 2.13. The smallest absolute Gasteiger partial charge is 0.326 e. The quantitative estimate of drug-likeness (QED) is 0.0266. The largest absolute Gasteiger partial charge is 0.484 e. The van der Waals surface area contributed by atoms with Crippen molar-refractivity contribution in [3.05, 3.63) is 29.8 Å². The van der Waals surface area contributed by atoms with Crippen molar-refractivity contribution in [3.63, 3.8) is 0 Å². The van der Waals surface area contributed by atoms with E-state index in [9.17, 15) is 29.1 Å². The molecular weight excluding hydrogens is 606 g/mol. The normalized spacial score (nSPS) is 11.7. The predicted octanol–water partition coefficient (Wildman–Crippen LogP) is -2.08. The van der Waals surface area contributed by atoms with Crippen molar-refractivity contribution >= 4 is 57.3 Å². The first kappa shape index (κ1) is 34.6. The molecule has 0 fully saturated rings. The number of Topliss-reactive ketones (excluding diaryl/α,β-unsaturated/α-hetero) is 1. The summed E-state index contributed by atoms with van der Waals surface area (Å²) >= 11 is 3.09.